The summed E-state index contributed by atoms with van der Waals surface area (Å²) in [4.78, 5) is 0. The van der Waals surface area contributed by atoms with Crippen LogP contribution in [0.2, 0.25) is 0 Å². The van der Waals surface area contributed by atoms with Crippen molar-refractivity contribution in [2.45, 2.75) is 0 Å². The van der Waals surface area contributed by atoms with E-state index in [-0.39, 0.29) is 0 Å². The minimum Gasteiger partial charge on any atom is -0.183 e. The normalized spacial score (nSPS) is 15.5. The standard InChI is InChI=1S/CHN89/c2-1-4-6-8-10-12-14-16-18-20-22-24-26-28-30-32-34-36-38-40-42-44-46-48-50-52-54-56-58-60-62-64-66-68-70-72-74-76-78-80-82-84-86-88-90-89-87-85-83-81-79-77-75-73-71-69-67-65-63-61-59-57-55-53-51-49-47-45-43-41-39-37-35-33-31-29-27-25-23-21-19-17-15-13-11-9-7-5-3/h3H/b5-3?,6-4?,9-7+,10-8+,13-11+,14-12+,17-15+,18-16+,21-19+,22-20+,25-23+,26-24+,29-27+,30-28+,33-31+,34-32+,37-35+,38-36+,41-39+,42-40+,45-43+,46-44+,49-47+,50-48+,53-51+,54-52+,57-55+,58-56+,61-59+,62-60+,65-63+,66-64+,69-67+,70-68+,73-71+,74-72+,77-75+,78-76+,81-79+,82-80+,85-83+,86-84+,89-87+,90-88+. The molecule has 0 atom stereocenters. The van der Waals surface area contributed by atoms with Gasteiger partial charge < -0.3 is 0 Å². The first-order valence-electron chi connectivity index (χ1n) is 17.9. The van der Waals surface area contributed by atoms with Gasteiger partial charge in [-0.25, -0.2) is 0 Å². The number of nitrogens with one attached hydrogen (secondary N) is 1. The number of rotatable bonds is 43. The molecular formula is CHN89. The average molecular weight is 1260 g/mol. The Bertz CT molecular complexity index is 3320. The molecule has 0 spiro atoms. The fourth-order valence-corrected chi connectivity index (χ4v) is 1.54. The van der Waals surface area contributed by atoms with Crippen molar-refractivity contribution in [1.29, 1.82) is 10.8 Å². The molecule has 0 amide bonds. The Labute approximate surface area is 471 Å². The smallest absolute Gasteiger partial charge is 0.183 e. The van der Waals surface area contributed by atoms with E-state index in [1.165, 1.54) is 6.19 Å². The summed E-state index contributed by atoms with van der Waals surface area (Å²) in [6.45, 7) is 0. The Morgan fingerprint density at radius 1 is 0.111 bits per heavy atom. The highest BCUT2D eigenvalue weighted by atomic mass is 15.8. The average Bonchev–Trinajstić information content (AvgIpc) is 3.55. The molecule has 0 heterocycles. The Morgan fingerprint density at radius 3 is 0.244 bits per heavy atom. The summed E-state index contributed by atoms with van der Waals surface area (Å²) < 4.78 is 0. The van der Waals surface area contributed by atoms with Crippen LogP contribution in [-0.4, -0.2) is 0 Å². The third kappa shape index (κ3) is 69.9. The fraction of sp³-hybridized carbons (Fsp3) is 0. The van der Waals surface area contributed by atoms with Crippen LogP contribution < -0.4 is 0 Å². The lowest BCUT2D eigenvalue weighted by Crippen LogP contribution is -1.52. The van der Waals surface area contributed by atoms with Gasteiger partial charge >= 0.3 is 0 Å². The maximum Gasteiger partial charge on any atom is 0.227 e. The fourth-order valence-electron chi connectivity index (χ4n) is 1.54. The lowest BCUT2D eigenvalue weighted by Gasteiger charge is -1.71. The molecule has 0 aliphatic carbocycles. The summed E-state index contributed by atoms with van der Waals surface area (Å²) in [6, 6.07) is 0. The summed E-state index contributed by atoms with van der Waals surface area (Å²) in [5, 5.41) is 267. The molecule has 0 bridgehead atoms. The molecule has 0 unspecified atom stereocenters. The summed E-state index contributed by atoms with van der Waals surface area (Å²) in [6.07, 6.45) is 1.31. The third-order valence-electron chi connectivity index (χ3n) is 3.49. The topological polar surface area (TPSA) is 1120 Å². The molecule has 0 aliphatic rings. The predicted octanol–water partition coefficient (Wildman–Crippen LogP) is 16.3. The lowest BCUT2D eigenvalue weighted by atomic mass is 11.5. The van der Waals surface area contributed by atoms with Crippen LogP contribution in [0.3, 0.4) is 0 Å². The Kier molecular flexibility index (Phi) is 56.6. The Balaban J connectivity index is 4.11. The monoisotopic (exact) mass is 1260 g/mol. The molecule has 0 rings (SSSR count). The van der Waals surface area contributed by atoms with Gasteiger partial charge in [0.25, 0.3) is 0 Å². The first-order valence-corrected chi connectivity index (χ1v) is 17.9. The zero-order valence-electron chi connectivity index (χ0n) is 40.4. The highest BCUT2D eigenvalue weighted by molar-refractivity contribution is 4.56. The Hall–Kier alpha value is -18.1. The highest BCUT2D eigenvalue weighted by Gasteiger charge is 1.79. The van der Waals surface area contributed by atoms with Gasteiger partial charge in [-0.1, -0.05) is 0 Å². The van der Waals surface area contributed by atoms with E-state index in [0.717, 1.165) is 0 Å². The lowest BCUT2D eigenvalue weighted by molar-refractivity contribution is 0.723. The van der Waals surface area contributed by atoms with Crippen molar-refractivity contribution in [2.24, 2.45) is 454 Å². The molecule has 0 fully saturated rings. The van der Waals surface area contributed by atoms with Crippen LogP contribution in [0.5, 0.6) is 0 Å². The van der Waals surface area contributed by atoms with Gasteiger partial charge in [0.2, 0.25) is 6.19 Å². The van der Waals surface area contributed by atoms with Gasteiger partial charge in [-0.2, -0.15) is 10.8 Å². The highest BCUT2D eigenvalue weighted by Crippen LogP contribution is 1.97. The number of hydrogen-bond acceptors (Lipinski definition) is 3. The van der Waals surface area contributed by atoms with Crippen molar-refractivity contribution < 1.29 is 0 Å². The van der Waals surface area contributed by atoms with Gasteiger partial charge in [-0.05, 0) is 88.7 Å². The molecular weight excluding hydrogens is 1260 g/mol. The van der Waals surface area contributed by atoms with Crippen molar-refractivity contribution >= 4 is 0 Å². The molecule has 0 aromatic rings. The van der Waals surface area contributed by atoms with Gasteiger partial charge in [0.05, 0.1) is 0 Å². The van der Waals surface area contributed by atoms with E-state index >= 15 is 0 Å². The van der Waals surface area contributed by atoms with E-state index < -0.39 is 0 Å². The van der Waals surface area contributed by atoms with E-state index in [1.807, 2.05) is 0 Å². The number of nitrogens with zero attached hydrogens (tertiary/aromatic N) is 88. The number of hydrogen-bond donors (Lipinski definition) is 1. The molecule has 89 nitrogen and oxygen atoms in total. The molecule has 0 aliphatic heterocycles. The van der Waals surface area contributed by atoms with Crippen molar-refractivity contribution in [3.8, 4) is 6.19 Å². The SMILES string of the molecule is N#CN=N/N=N/N=N/N=N/N=N/N=N/N=N/N=N/N=N/N=N/N=N/N=N/N=N/N=N/N=N/N=N/N=N/N=N/N=N/N=N/N=N/N=N/N=N/N=N/N=N/N=N/N=N/N=N/N=N/N=N/N=N/N=N/N=N/N=N/N=N/N=N/N=N/N=N/N=N/N=N/N=N/N=N/N=N/N=N. The van der Waals surface area contributed by atoms with Crippen LogP contribution in [0.4, 0.5) is 0 Å². The zero-order chi connectivity index (χ0) is 64.2. The summed E-state index contributed by atoms with van der Waals surface area (Å²) in [7, 11) is 0. The maximum atomic E-state index is 8.03. The molecule has 0 saturated carbocycles. The minimum absolute atomic E-state index is 1.31. The molecule has 0 radical (unpaired) electrons. The van der Waals surface area contributed by atoms with Gasteiger partial charge in [0.1, 0.15) is 0 Å². The molecule has 90 heavy (non-hydrogen) atoms. The first kappa shape index (κ1) is 71.9. The summed E-state index contributed by atoms with van der Waals surface area (Å²) in [5.74, 6) is 0. The summed E-state index contributed by atoms with van der Waals surface area (Å²) in [5.41, 5.74) is 6.27. The molecule has 89 heteroatoms. The second-order valence-corrected chi connectivity index (χ2v) is 7.90. The molecule has 1 N–H and O–H groups in total. The van der Waals surface area contributed by atoms with Crippen molar-refractivity contribution in [3.05, 3.63) is 0 Å². The van der Waals surface area contributed by atoms with E-state index in [1.54, 1.807) is 0 Å². The van der Waals surface area contributed by atoms with Gasteiger partial charge in [-0.3, -0.25) is 0 Å². The Morgan fingerprint density at radius 2 is 0.178 bits per heavy atom. The van der Waals surface area contributed by atoms with E-state index in [2.05, 4.69) is 454 Å². The van der Waals surface area contributed by atoms with Crippen molar-refractivity contribution in [2.75, 3.05) is 0 Å². The van der Waals surface area contributed by atoms with E-state index in [0.29, 0.717) is 0 Å². The maximum absolute atomic E-state index is 8.03. The van der Waals surface area contributed by atoms with E-state index in [4.69, 9.17) is 10.8 Å². The second-order valence-electron chi connectivity index (χ2n) is 7.90. The van der Waals surface area contributed by atoms with Gasteiger partial charge in [-0.15, -0.1) is 0 Å². The van der Waals surface area contributed by atoms with Crippen molar-refractivity contribution in [1.82, 2.24) is 0 Å². The molecule has 0 saturated heterocycles. The predicted molar refractivity (Wildman–Crippen MR) is 220 cm³/mol. The van der Waals surface area contributed by atoms with Crippen LogP contribution in [0.1, 0.15) is 0 Å². The molecule has 0 aromatic carbocycles. The molecule has 450 valence electrons. The van der Waals surface area contributed by atoms with Crippen LogP contribution in [0.15, 0.2) is 454 Å². The zero-order valence-corrected chi connectivity index (χ0v) is 40.4. The quantitative estimate of drug-likeness (QED) is 0.0347. The van der Waals surface area contributed by atoms with E-state index in [9.17, 15) is 0 Å². The first-order chi connectivity index (χ1) is 44.9. The van der Waals surface area contributed by atoms with Gasteiger partial charge in [0.15, 0.2) is 0 Å². The third-order valence-corrected chi connectivity index (χ3v) is 3.49. The van der Waals surface area contributed by atoms with Crippen LogP contribution in [-0.2, 0) is 0 Å². The van der Waals surface area contributed by atoms with Crippen LogP contribution >= 0.6 is 0 Å². The second kappa shape index (κ2) is 70.9. The van der Waals surface area contributed by atoms with Crippen molar-refractivity contribution in [3.63, 3.8) is 0 Å². The van der Waals surface area contributed by atoms with Gasteiger partial charge in [0, 0.05) is 366 Å². The number of nitriles is 1. The minimum atomic E-state index is 1.31. The largest absolute Gasteiger partial charge is 0.227 e. The molecule has 0 aromatic heterocycles. The van der Waals surface area contributed by atoms with Crippen LogP contribution in [0.25, 0.3) is 0 Å². The van der Waals surface area contributed by atoms with Crippen LogP contribution in [0, 0.1) is 17.0 Å². The summed E-state index contributed by atoms with van der Waals surface area (Å²) >= 11 is 0.